The molecular weight excluding hydrogens is 303 g/mol. The second-order valence-corrected chi connectivity index (χ2v) is 5.13. The Balaban J connectivity index is 2.26. The Morgan fingerprint density at radius 2 is 2.26 bits per heavy atom. The highest BCUT2D eigenvalue weighted by atomic mass is 19.1. The molecular formula is C17H21FO5. The number of esters is 1. The molecule has 1 saturated heterocycles. The zero-order chi connectivity index (χ0) is 16.8. The van der Waals surface area contributed by atoms with Gasteiger partial charge in [-0.25, -0.2) is 9.18 Å². The summed E-state index contributed by atoms with van der Waals surface area (Å²) in [6.45, 7) is 4.97. The highest BCUT2D eigenvalue weighted by molar-refractivity contribution is 5.88. The van der Waals surface area contributed by atoms with E-state index in [1.54, 1.807) is 13.0 Å². The van der Waals surface area contributed by atoms with Crippen molar-refractivity contribution < 1.29 is 28.1 Å². The molecule has 2 atom stereocenters. The van der Waals surface area contributed by atoms with E-state index in [1.807, 2.05) is 6.92 Å². The Bertz CT molecular complexity index is 581. The van der Waals surface area contributed by atoms with Crippen molar-refractivity contribution in [2.45, 2.75) is 26.1 Å². The Hall–Kier alpha value is -1.92. The molecule has 0 bridgehead atoms. The smallest absolute Gasteiger partial charge is 0.330 e. The number of hydrogen-bond donors (Lipinski definition) is 0. The zero-order valence-electron chi connectivity index (χ0n) is 13.5. The maximum Gasteiger partial charge on any atom is 0.330 e. The fraction of sp³-hybridized carbons (Fsp3) is 0.471. The van der Waals surface area contributed by atoms with E-state index in [0.29, 0.717) is 30.1 Å². The van der Waals surface area contributed by atoms with Gasteiger partial charge in [0.25, 0.3) is 0 Å². The van der Waals surface area contributed by atoms with Gasteiger partial charge in [0.1, 0.15) is 17.7 Å². The minimum absolute atomic E-state index is 0.117. The normalized spacial score (nSPS) is 18.0. The third kappa shape index (κ3) is 5.04. The van der Waals surface area contributed by atoms with Gasteiger partial charge in [0, 0.05) is 17.7 Å². The van der Waals surface area contributed by atoms with E-state index >= 15 is 0 Å². The first-order valence-electron chi connectivity index (χ1n) is 7.50. The topological polar surface area (TPSA) is 57.3 Å². The number of carbonyl (C=O) groups is 1. The molecule has 0 unspecified atom stereocenters. The molecule has 126 valence electrons. The van der Waals surface area contributed by atoms with E-state index in [4.69, 9.17) is 18.9 Å². The number of ether oxygens (including phenoxy) is 4. The number of carbonyl (C=O) groups excluding carboxylic acids is 1. The predicted octanol–water partition coefficient (Wildman–Crippen LogP) is 2.89. The van der Waals surface area contributed by atoms with Crippen molar-refractivity contribution in [3.63, 3.8) is 0 Å². The molecule has 0 N–H and O–H groups in total. The maximum absolute atomic E-state index is 13.8. The number of benzene rings is 1. The summed E-state index contributed by atoms with van der Waals surface area (Å²) in [6, 6.07) is 2.65. The van der Waals surface area contributed by atoms with Crippen molar-refractivity contribution in [1.82, 2.24) is 0 Å². The molecule has 23 heavy (non-hydrogen) atoms. The van der Waals surface area contributed by atoms with Gasteiger partial charge in [-0.05, 0) is 31.6 Å². The van der Waals surface area contributed by atoms with Crippen LogP contribution in [0.2, 0.25) is 0 Å². The molecule has 1 aromatic rings. The third-order valence-electron chi connectivity index (χ3n) is 3.40. The Morgan fingerprint density at radius 1 is 1.52 bits per heavy atom. The van der Waals surface area contributed by atoms with Crippen LogP contribution in [0.1, 0.15) is 31.1 Å². The lowest BCUT2D eigenvalue weighted by molar-refractivity contribution is -0.137. The summed E-state index contributed by atoms with van der Waals surface area (Å²) in [4.78, 5) is 11.5. The van der Waals surface area contributed by atoms with Crippen LogP contribution >= 0.6 is 0 Å². The fourth-order valence-corrected chi connectivity index (χ4v) is 2.14. The molecule has 0 spiro atoms. The summed E-state index contributed by atoms with van der Waals surface area (Å²) in [7, 11) is 1.45. The van der Waals surface area contributed by atoms with Crippen molar-refractivity contribution in [3.05, 3.63) is 35.2 Å². The lowest BCUT2D eigenvalue weighted by Gasteiger charge is -2.18. The molecule has 1 aliphatic rings. The van der Waals surface area contributed by atoms with Crippen LogP contribution < -0.4 is 4.74 Å². The molecule has 0 radical (unpaired) electrons. The van der Waals surface area contributed by atoms with Crippen LogP contribution in [-0.4, -0.2) is 39.0 Å². The molecule has 1 heterocycles. The quantitative estimate of drug-likeness (QED) is 0.418. The van der Waals surface area contributed by atoms with Gasteiger partial charge >= 0.3 is 5.97 Å². The van der Waals surface area contributed by atoms with Crippen LogP contribution in [0.4, 0.5) is 4.39 Å². The van der Waals surface area contributed by atoms with E-state index in [9.17, 15) is 9.18 Å². The number of epoxide rings is 1. The van der Waals surface area contributed by atoms with Crippen LogP contribution in [0, 0.1) is 5.82 Å². The summed E-state index contributed by atoms with van der Waals surface area (Å²) in [5, 5.41) is 0. The van der Waals surface area contributed by atoms with Crippen LogP contribution in [0.3, 0.4) is 0 Å². The Kier molecular flexibility index (Phi) is 6.12. The van der Waals surface area contributed by atoms with Gasteiger partial charge in [-0.15, -0.1) is 0 Å². The third-order valence-corrected chi connectivity index (χ3v) is 3.40. The van der Waals surface area contributed by atoms with Crippen LogP contribution in [-0.2, 0) is 19.0 Å². The predicted molar refractivity (Wildman–Crippen MR) is 82.7 cm³/mol. The van der Waals surface area contributed by atoms with E-state index < -0.39 is 11.8 Å². The lowest BCUT2D eigenvalue weighted by Crippen LogP contribution is -2.09. The van der Waals surface area contributed by atoms with Crippen molar-refractivity contribution >= 4 is 12.0 Å². The van der Waals surface area contributed by atoms with Crippen LogP contribution in [0.15, 0.2) is 18.2 Å². The van der Waals surface area contributed by atoms with E-state index in [-0.39, 0.29) is 18.8 Å². The second kappa shape index (κ2) is 8.08. The molecule has 1 fully saturated rings. The monoisotopic (exact) mass is 324 g/mol. The van der Waals surface area contributed by atoms with Gasteiger partial charge in [-0.2, -0.15) is 0 Å². The Labute approximate surface area is 135 Å². The van der Waals surface area contributed by atoms with Gasteiger partial charge in [-0.1, -0.05) is 0 Å². The first-order valence-corrected chi connectivity index (χ1v) is 7.50. The average molecular weight is 324 g/mol. The molecule has 6 heteroatoms. The molecule has 2 rings (SSSR count). The van der Waals surface area contributed by atoms with Crippen molar-refractivity contribution in [2.24, 2.45) is 0 Å². The fourth-order valence-electron chi connectivity index (χ4n) is 2.14. The van der Waals surface area contributed by atoms with Crippen molar-refractivity contribution in [2.75, 3.05) is 26.9 Å². The molecule has 1 aliphatic heterocycles. The Morgan fingerprint density at radius 3 is 2.87 bits per heavy atom. The first-order chi connectivity index (χ1) is 11.0. The van der Waals surface area contributed by atoms with E-state index in [2.05, 4.69) is 0 Å². The number of rotatable bonds is 8. The minimum atomic E-state index is -0.468. The molecule has 0 amide bonds. The molecule has 5 nitrogen and oxygen atoms in total. The molecule has 0 saturated carbocycles. The summed E-state index contributed by atoms with van der Waals surface area (Å²) in [6.07, 6.45) is 2.59. The standard InChI is InChI=1S/C17H21FO5/c1-4-21-17(19)6-5-14-15(7-12(18)8-16(14)20-3)11(2)22-9-13-10-23-13/h5-8,11,13H,4,9-10H2,1-3H3/t11-,13+/m1/s1. The van der Waals surface area contributed by atoms with Gasteiger partial charge < -0.3 is 18.9 Å². The number of halogens is 1. The molecule has 0 aromatic heterocycles. The number of hydrogen-bond acceptors (Lipinski definition) is 5. The summed E-state index contributed by atoms with van der Waals surface area (Å²) >= 11 is 0. The van der Waals surface area contributed by atoms with E-state index in [1.165, 1.54) is 25.3 Å². The largest absolute Gasteiger partial charge is 0.496 e. The van der Waals surface area contributed by atoms with Gasteiger partial charge in [0.15, 0.2) is 0 Å². The maximum atomic E-state index is 13.8. The highest BCUT2D eigenvalue weighted by Gasteiger charge is 2.25. The lowest BCUT2D eigenvalue weighted by atomic mass is 10.0. The van der Waals surface area contributed by atoms with Crippen LogP contribution in [0.5, 0.6) is 5.75 Å². The van der Waals surface area contributed by atoms with Gasteiger partial charge in [0.05, 0.1) is 33.0 Å². The van der Waals surface area contributed by atoms with E-state index in [0.717, 1.165) is 0 Å². The first kappa shape index (κ1) is 17.4. The molecule has 1 aromatic carbocycles. The average Bonchev–Trinajstić information content (AvgIpc) is 3.35. The van der Waals surface area contributed by atoms with Gasteiger partial charge in [-0.3, -0.25) is 0 Å². The minimum Gasteiger partial charge on any atom is -0.496 e. The molecule has 0 aliphatic carbocycles. The number of methoxy groups -OCH3 is 1. The van der Waals surface area contributed by atoms with Crippen molar-refractivity contribution in [3.8, 4) is 5.75 Å². The highest BCUT2D eigenvalue weighted by Crippen LogP contribution is 2.32. The van der Waals surface area contributed by atoms with Gasteiger partial charge in [0.2, 0.25) is 0 Å². The zero-order valence-corrected chi connectivity index (χ0v) is 13.5. The summed E-state index contributed by atoms with van der Waals surface area (Å²) in [5.74, 6) is -0.563. The second-order valence-electron chi connectivity index (χ2n) is 5.13. The van der Waals surface area contributed by atoms with Crippen molar-refractivity contribution in [1.29, 1.82) is 0 Å². The summed E-state index contributed by atoms with van der Waals surface area (Å²) < 4.78 is 34.7. The van der Waals surface area contributed by atoms with Crippen LogP contribution in [0.25, 0.3) is 6.08 Å². The SMILES string of the molecule is CCOC(=O)C=Cc1c(OC)cc(F)cc1[C@@H](C)OC[C@H]1CO1. The summed E-state index contributed by atoms with van der Waals surface area (Å²) in [5.41, 5.74) is 1.19.